The summed E-state index contributed by atoms with van der Waals surface area (Å²) in [5.41, 5.74) is 0.158. The van der Waals surface area contributed by atoms with Crippen molar-refractivity contribution < 1.29 is 33.1 Å². The largest absolute Gasteiger partial charge is 0.335 e. The Morgan fingerprint density at radius 1 is 1.18 bits per heavy atom. The Hall–Kier alpha value is -1.89. The monoisotopic (exact) mass is 335 g/mol. The van der Waals surface area contributed by atoms with Gasteiger partial charge in [0.05, 0.1) is 6.27 Å². The summed E-state index contributed by atoms with van der Waals surface area (Å²) in [5, 5.41) is 1.37. The summed E-state index contributed by atoms with van der Waals surface area (Å²) in [6.45, 7) is 1.23. The SMILES string of the molecule is [2H]C1([2H])C([2H])([2H])C([2H])([2H])C([2H])(NC(=O)NS(=O)(=O)c2ccc(C(C)=O)cc2)C([2H])([2H])C1([2H])[2H]. The van der Waals surface area contributed by atoms with Gasteiger partial charge >= 0.3 is 6.03 Å². The van der Waals surface area contributed by atoms with Crippen LogP contribution in [0.1, 0.15) is 64.2 Å². The van der Waals surface area contributed by atoms with Crippen molar-refractivity contribution in [3.05, 3.63) is 29.8 Å². The van der Waals surface area contributed by atoms with Gasteiger partial charge in [-0.3, -0.25) is 4.79 Å². The Balaban J connectivity index is 2.47. The predicted molar refractivity (Wildman–Crippen MR) is 82.2 cm³/mol. The van der Waals surface area contributed by atoms with Crippen LogP contribution in [0.2, 0.25) is 0 Å². The average Bonchev–Trinajstić information content (AvgIpc) is 2.65. The molecule has 0 radical (unpaired) electrons. The van der Waals surface area contributed by atoms with E-state index >= 15 is 0 Å². The molecular formula is C15H20N2O4S. The number of rotatable bonds is 4. The molecule has 1 aliphatic rings. The van der Waals surface area contributed by atoms with Gasteiger partial charge in [0, 0.05) is 25.3 Å². The van der Waals surface area contributed by atoms with Crippen LogP contribution in [-0.2, 0) is 10.0 Å². The number of carbonyl (C=O) groups excluding carboxylic acids is 2. The van der Waals surface area contributed by atoms with Crippen LogP contribution in [0.4, 0.5) is 4.79 Å². The first-order valence-corrected chi connectivity index (χ1v) is 7.45. The maximum atomic E-state index is 12.4. The van der Waals surface area contributed by atoms with E-state index in [9.17, 15) is 18.0 Å². The molecule has 120 valence electrons. The summed E-state index contributed by atoms with van der Waals surface area (Å²) in [5.74, 6) is -0.369. The Labute approximate surface area is 145 Å². The van der Waals surface area contributed by atoms with Gasteiger partial charge in [0.15, 0.2) is 5.78 Å². The minimum absolute atomic E-state index is 0.158. The van der Waals surface area contributed by atoms with Gasteiger partial charge in [-0.15, -0.1) is 0 Å². The van der Waals surface area contributed by atoms with Crippen molar-refractivity contribution in [2.45, 2.75) is 49.7 Å². The topological polar surface area (TPSA) is 92.3 Å². The van der Waals surface area contributed by atoms with Gasteiger partial charge < -0.3 is 5.32 Å². The van der Waals surface area contributed by atoms with E-state index in [4.69, 9.17) is 15.1 Å². The second-order valence-corrected chi connectivity index (χ2v) is 5.82. The van der Waals surface area contributed by atoms with Crippen molar-refractivity contribution in [1.82, 2.24) is 10.0 Å². The molecule has 1 aromatic rings. The van der Waals surface area contributed by atoms with Crippen LogP contribution in [0.3, 0.4) is 0 Å². The fourth-order valence-corrected chi connectivity index (χ4v) is 2.41. The number of hydrogen-bond acceptors (Lipinski definition) is 4. The van der Waals surface area contributed by atoms with E-state index in [2.05, 4.69) is 0 Å². The molecule has 1 saturated carbocycles. The first-order chi connectivity index (χ1) is 14.5. The third-order valence-electron chi connectivity index (χ3n) is 2.54. The van der Waals surface area contributed by atoms with Crippen LogP contribution in [0.25, 0.3) is 0 Å². The highest BCUT2D eigenvalue weighted by atomic mass is 32.2. The van der Waals surface area contributed by atoms with Crippen molar-refractivity contribution in [1.29, 1.82) is 0 Å². The fraction of sp³-hybridized carbons (Fsp3) is 0.467. The Kier molecular flexibility index (Phi) is 2.24. The van der Waals surface area contributed by atoms with Crippen LogP contribution < -0.4 is 10.0 Å². The van der Waals surface area contributed by atoms with Gasteiger partial charge in [0.25, 0.3) is 10.0 Å². The highest BCUT2D eigenvalue weighted by Crippen LogP contribution is 2.17. The van der Waals surface area contributed by atoms with Gasteiger partial charge in [-0.1, -0.05) is 31.3 Å². The van der Waals surface area contributed by atoms with Gasteiger partial charge in [-0.25, -0.2) is 17.9 Å². The number of Topliss-reactive ketones (excluding diaryl/α,β-unsaturated/α-hetero) is 1. The highest BCUT2D eigenvalue weighted by molar-refractivity contribution is 7.90. The van der Waals surface area contributed by atoms with Crippen LogP contribution >= 0.6 is 0 Å². The van der Waals surface area contributed by atoms with E-state index in [1.54, 1.807) is 0 Å². The first-order valence-electron chi connectivity index (χ1n) is 11.5. The Morgan fingerprint density at radius 3 is 2.32 bits per heavy atom. The third-order valence-corrected chi connectivity index (χ3v) is 3.88. The summed E-state index contributed by atoms with van der Waals surface area (Å²) in [4.78, 5) is 23.2. The normalized spacial score (nSPS) is 36.3. The van der Waals surface area contributed by atoms with Crippen LogP contribution in [0.5, 0.6) is 0 Å². The number of hydrogen-bond donors (Lipinski definition) is 2. The number of nitrogens with one attached hydrogen (secondary N) is 2. The van der Waals surface area contributed by atoms with Crippen molar-refractivity contribution in [2.75, 3.05) is 0 Å². The van der Waals surface area contributed by atoms with Gasteiger partial charge in [0.2, 0.25) is 0 Å². The quantitative estimate of drug-likeness (QED) is 0.825. The highest BCUT2D eigenvalue weighted by Gasteiger charge is 2.21. The fourth-order valence-electron chi connectivity index (χ4n) is 1.50. The number of benzene rings is 1. The minimum atomic E-state index is -4.70. The summed E-state index contributed by atoms with van der Waals surface area (Å²) in [6.07, 6.45) is -19.2. The molecule has 0 spiro atoms. The molecule has 2 N–H and O–H groups in total. The molecule has 1 aliphatic carbocycles. The van der Waals surface area contributed by atoms with E-state index in [1.165, 1.54) is 17.0 Å². The standard InChI is InChI=1S/C15H20N2O4S/c1-11(18)12-7-9-14(10-8-12)22(20,21)17-15(19)16-13-5-3-2-4-6-13/h7-10,13H,2-6H2,1H3,(H2,16,17,19)/i2D2,3D2,4D2,5D2,6D2,13D. The van der Waals surface area contributed by atoms with Crippen molar-refractivity contribution in [2.24, 2.45) is 0 Å². The molecule has 0 aliphatic heterocycles. The lowest BCUT2D eigenvalue weighted by atomic mass is 9.96. The van der Waals surface area contributed by atoms with Crippen molar-refractivity contribution >= 4 is 21.8 Å². The Morgan fingerprint density at radius 2 is 1.77 bits per heavy atom. The van der Waals surface area contributed by atoms with Gasteiger partial charge in [-0.05, 0) is 31.8 Å². The molecule has 22 heavy (non-hydrogen) atoms. The van der Waals surface area contributed by atoms with E-state index in [0.717, 1.165) is 24.3 Å². The minimum Gasteiger partial charge on any atom is -0.335 e. The maximum Gasteiger partial charge on any atom is 0.328 e. The number of sulfonamides is 1. The maximum absolute atomic E-state index is 12.4. The summed E-state index contributed by atoms with van der Waals surface area (Å²) < 4.78 is 113. The van der Waals surface area contributed by atoms with Crippen LogP contribution in [0.15, 0.2) is 29.2 Å². The second-order valence-electron chi connectivity index (χ2n) is 4.14. The Bertz CT molecular complexity index is 1060. The molecule has 0 bridgehead atoms. The summed E-state index contributed by atoms with van der Waals surface area (Å²) in [6, 6.07) is -1.49. The molecule has 0 unspecified atom stereocenters. The van der Waals surface area contributed by atoms with Crippen molar-refractivity contribution in [3.8, 4) is 0 Å². The average molecular weight is 335 g/mol. The lowest BCUT2D eigenvalue weighted by Crippen LogP contribution is -2.45. The number of ketones is 1. The number of carbonyl (C=O) groups is 2. The zero-order valence-electron chi connectivity index (χ0n) is 22.4. The molecule has 0 saturated heterocycles. The number of urea groups is 1. The second kappa shape index (κ2) is 6.91. The molecule has 0 heterocycles. The predicted octanol–water partition coefficient (Wildman–Crippen LogP) is 2.21. The summed E-state index contributed by atoms with van der Waals surface area (Å²) >= 11 is 0. The van der Waals surface area contributed by atoms with E-state index < -0.39 is 58.8 Å². The lowest BCUT2D eigenvalue weighted by Gasteiger charge is -2.22. The number of amides is 2. The zero-order valence-corrected chi connectivity index (χ0v) is 12.2. The molecule has 0 aromatic heterocycles. The van der Waals surface area contributed by atoms with E-state index in [1.807, 2.05) is 0 Å². The molecule has 0 atom stereocenters. The first kappa shape index (κ1) is 7.12. The molecule has 2 rings (SSSR count). The van der Waals surface area contributed by atoms with Crippen molar-refractivity contribution in [3.63, 3.8) is 0 Å². The molecular weight excluding hydrogens is 304 g/mol. The molecule has 6 nitrogen and oxygen atoms in total. The third kappa shape index (κ3) is 4.30. The summed E-state index contributed by atoms with van der Waals surface area (Å²) in [7, 11) is -4.70. The molecule has 1 fully saturated rings. The smallest absolute Gasteiger partial charge is 0.328 e. The molecule has 7 heteroatoms. The lowest BCUT2D eigenvalue weighted by molar-refractivity contribution is 0.101. The van der Waals surface area contributed by atoms with E-state index in [-0.39, 0.29) is 11.3 Å². The van der Waals surface area contributed by atoms with Gasteiger partial charge in [0.1, 0.15) is 0 Å². The van der Waals surface area contributed by atoms with Crippen LogP contribution in [-0.4, -0.2) is 26.3 Å². The van der Waals surface area contributed by atoms with Crippen LogP contribution in [0, 0.1) is 0 Å². The zero-order chi connectivity index (χ0) is 26.1. The van der Waals surface area contributed by atoms with Gasteiger partial charge in [-0.2, -0.15) is 0 Å². The van der Waals surface area contributed by atoms with E-state index in [0.29, 0.717) is 0 Å². The molecule has 2 amide bonds. The molecule has 1 aromatic carbocycles.